The SMILES string of the molecule is CCSc1nc(C(F)(F)F)ccc1C(N)=O. The van der Waals surface area contributed by atoms with Crippen LogP contribution in [0.3, 0.4) is 0 Å². The van der Waals surface area contributed by atoms with Crippen molar-refractivity contribution in [1.29, 1.82) is 0 Å². The molecule has 0 fully saturated rings. The minimum Gasteiger partial charge on any atom is -0.366 e. The van der Waals surface area contributed by atoms with Crippen LogP contribution < -0.4 is 5.73 Å². The van der Waals surface area contributed by atoms with Crippen LogP contribution in [0.15, 0.2) is 17.2 Å². The van der Waals surface area contributed by atoms with E-state index in [4.69, 9.17) is 5.73 Å². The normalized spacial score (nSPS) is 11.5. The summed E-state index contributed by atoms with van der Waals surface area (Å²) >= 11 is 1.05. The summed E-state index contributed by atoms with van der Waals surface area (Å²) in [6.07, 6.45) is -4.51. The zero-order valence-electron chi connectivity index (χ0n) is 8.34. The molecule has 2 N–H and O–H groups in total. The Labute approximate surface area is 94.2 Å². The number of pyridine rings is 1. The monoisotopic (exact) mass is 250 g/mol. The van der Waals surface area contributed by atoms with Gasteiger partial charge in [-0.3, -0.25) is 4.79 Å². The molecule has 0 radical (unpaired) electrons. The molecule has 3 nitrogen and oxygen atoms in total. The molecular formula is C9H9F3N2OS. The Morgan fingerprint density at radius 2 is 2.12 bits per heavy atom. The predicted octanol–water partition coefficient (Wildman–Crippen LogP) is 2.31. The Morgan fingerprint density at radius 3 is 2.56 bits per heavy atom. The average molecular weight is 250 g/mol. The van der Waals surface area contributed by atoms with Crippen LogP contribution in [0.1, 0.15) is 23.0 Å². The molecule has 1 aromatic heterocycles. The minimum atomic E-state index is -4.51. The van der Waals surface area contributed by atoms with E-state index in [0.29, 0.717) is 5.75 Å². The molecule has 0 aliphatic rings. The highest BCUT2D eigenvalue weighted by molar-refractivity contribution is 7.99. The molecule has 88 valence electrons. The first-order valence-corrected chi connectivity index (χ1v) is 5.35. The van der Waals surface area contributed by atoms with Gasteiger partial charge in [0.25, 0.3) is 5.91 Å². The van der Waals surface area contributed by atoms with Gasteiger partial charge in [0.2, 0.25) is 0 Å². The molecule has 1 rings (SSSR count). The maximum absolute atomic E-state index is 12.4. The number of primary amides is 1. The van der Waals surface area contributed by atoms with Crippen molar-refractivity contribution in [3.8, 4) is 0 Å². The lowest BCUT2D eigenvalue weighted by atomic mass is 10.2. The number of alkyl halides is 3. The topological polar surface area (TPSA) is 56.0 Å². The van der Waals surface area contributed by atoms with Crippen LogP contribution in [-0.4, -0.2) is 16.6 Å². The van der Waals surface area contributed by atoms with Crippen molar-refractivity contribution in [3.05, 3.63) is 23.4 Å². The molecule has 0 aliphatic carbocycles. The van der Waals surface area contributed by atoms with Gasteiger partial charge in [0.1, 0.15) is 10.7 Å². The number of aromatic nitrogens is 1. The first kappa shape index (κ1) is 12.8. The zero-order valence-corrected chi connectivity index (χ0v) is 9.15. The van der Waals surface area contributed by atoms with Crippen molar-refractivity contribution in [2.75, 3.05) is 5.75 Å². The van der Waals surface area contributed by atoms with Gasteiger partial charge >= 0.3 is 6.18 Å². The lowest BCUT2D eigenvalue weighted by Gasteiger charge is -2.09. The van der Waals surface area contributed by atoms with E-state index in [0.717, 1.165) is 23.9 Å². The van der Waals surface area contributed by atoms with Crippen LogP contribution in [0, 0.1) is 0 Å². The van der Waals surface area contributed by atoms with Crippen LogP contribution in [0.25, 0.3) is 0 Å². The van der Waals surface area contributed by atoms with Crippen molar-refractivity contribution in [2.45, 2.75) is 18.1 Å². The fourth-order valence-corrected chi connectivity index (χ4v) is 1.79. The zero-order chi connectivity index (χ0) is 12.3. The van der Waals surface area contributed by atoms with Crippen LogP contribution >= 0.6 is 11.8 Å². The molecule has 0 atom stereocenters. The third-order valence-electron chi connectivity index (χ3n) is 1.70. The Kier molecular flexibility index (Phi) is 3.79. The summed E-state index contributed by atoms with van der Waals surface area (Å²) in [5, 5.41) is 0.0184. The molecular weight excluding hydrogens is 241 g/mol. The van der Waals surface area contributed by atoms with Crippen molar-refractivity contribution in [3.63, 3.8) is 0 Å². The van der Waals surface area contributed by atoms with E-state index in [9.17, 15) is 18.0 Å². The fraction of sp³-hybridized carbons (Fsp3) is 0.333. The number of carbonyl (C=O) groups excluding carboxylic acids is 1. The Bertz CT molecular complexity index is 406. The standard InChI is InChI=1S/C9H9F3N2OS/c1-2-16-8-5(7(13)15)3-4-6(14-8)9(10,11)12/h3-4H,2H2,1H3,(H2,13,15). The van der Waals surface area contributed by atoms with Gasteiger partial charge in [-0.05, 0) is 17.9 Å². The van der Waals surface area contributed by atoms with Gasteiger partial charge in [-0.15, -0.1) is 11.8 Å². The van der Waals surface area contributed by atoms with Gasteiger partial charge in [-0.25, -0.2) is 4.98 Å². The van der Waals surface area contributed by atoms with Crippen molar-refractivity contribution >= 4 is 17.7 Å². The van der Waals surface area contributed by atoms with E-state index in [1.807, 2.05) is 0 Å². The molecule has 0 saturated heterocycles. The van der Waals surface area contributed by atoms with E-state index in [1.54, 1.807) is 6.92 Å². The smallest absolute Gasteiger partial charge is 0.366 e. The van der Waals surface area contributed by atoms with Gasteiger partial charge in [0, 0.05) is 0 Å². The first-order chi connectivity index (χ1) is 7.36. The number of nitrogens with zero attached hydrogens (tertiary/aromatic N) is 1. The van der Waals surface area contributed by atoms with E-state index in [1.165, 1.54) is 0 Å². The van der Waals surface area contributed by atoms with Crippen molar-refractivity contribution < 1.29 is 18.0 Å². The number of hydrogen-bond donors (Lipinski definition) is 1. The molecule has 1 amide bonds. The summed E-state index contributed by atoms with van der Waals surface area (Å²) in [6.45, 7) is 1.75. The molecule has 1 heterocycles. The maximum atomic E-state index is 12.4. The Hall–Kier alpha value is -1.24. The molecule has 0 saturated carbocycles. The fourth-order valence-electron chi connectivity index (χ4n) is 1.03. The quantitative estimate of drug-likeness (QED) is 0.837. The molecule has 0 bridgehead atoms. The Balaban J connectivity index is 3.22. The second kappa shape index (κ2) is 4.73. The maximum Gasteiger partial charge on any atom is 0.433 e. The van der Waals surface area contributed by atoms with Gasteiger partial charge in [0.15, 0.2) is 0 Å². The van der Waals surface area contributed by atoms with Gasteiger partial charge in [-0.2, -0.15) is 13.2 Å². The molecule has 7 heteroatoms. The van der Waals surface area contributed by atoms with Gasteiger partial charge < -0.3 is 5.73 Å². The number of hydrogen-bond acceptors (Lipinski definition) is 3. The van der Waals surface area contributed by atoms with Crippen LogP contribution in [0.4, 0.5) is 13.2 Å². The predicted molar refractivity (Wildman–Crippen MR) is 54.2 cm³/mol. The number of thioether (sulfide) groups is 1. The van der Waals surface area contributed by atoms with Crippen molar-refractivity contribution in [2.24, 2.45) is 5.73 Å². The van der Waals surface area contributed by atoms with Gasteiger partial charge in [-0.1, -0.05) is 6.92 Å². The summed E-state index contributed by atoms with van der Waals surface area (Å²) in [5.41, 5.74) is 4.02. The molecule has 0 aliphatic heterocycles. The lowest BCUT2D eigenvalue weighted by Crippen LogP contribution is -2.16. The summed E-state index contributed by atoms with van der Waals surface area (Å²) in [7, 11) is 0. The average Bonchev–Trinajstić information content (AvgIpc) is 2.16. The van der Waals surface area contributed by atoms with Crippen LogP contribution in [-0.2, 0) is 6.18 Å². The second-order valence-electron chi connectivity index (χ2n) is 2.84. The number of nitrogens with two attached hydrogens (primary N) is 1. The third-order valence-corrected chi connectivity index (χ3v) is 2.57. The second-order valence-corrected chi connectivity index (χ2v) is 4.10. The van der Waals surface area contributed by atoms with E-state index < -0.39 is 17.8 Å². The number of carbonyl (C=O) groups is 1. The number of halogens is 3. The summed E-state index contributed by atoms with van der Waals surface area (Å²) < 4.78 is 37.1. The van der Waals surface area contributed by atoms with Gasteiger partial charge in [0.05, 0.1) is 5.56 Å². The molecule has 0 unspecified atom stereocenters. The summed E-state index contributed by atoms with van der Waals surface area (Å²) in [4.78, 5) is 14.3. The minimum absolute atomic E-state index is 0.0138. The molecule has 16 heavy (non-hydrogen) atoms. The number of rotatable bonds is 3. The Morgan fingerprint density at radius 1 is 1.50 bits per heavy atom. The highest BCUT2D eigenvalue weighted by Gasteiger charge is 2.33. The van der Waals surface area contributed by atoms with E-state index in [2.05, 4.69) is 4.98 Å². The van der Waals surface area contributed by atoms with E-state index >= 15 is 0 Å². The highest BCUT2D eigenvalue weighted by atomic mass is 32.2. The lowest BCUT2D eigenvalue weighted by molar-refractivity contribution is -0.141. The molecule has 0 aromatic carbocycles. The molecule has 1 aromatic rings. The van der Waals surface area contributed by atoms with Crippen molar-refractivity contribution in [1.82, 2.24) is 4.98 Å². The molecule has 0 spiro atoms. The van der Waals surface area contributed by atoms with Crippen LogP contribution in [0.5, 0.6) is 0 Å². The van der Waals surface area contributed by atoms with Crippen LogP contribution in [0.2, 0.25) is 0 Å². The van der Waals surface area contributed by atoms with E-state index in [-0.39, 0.29) is 10.6 Å². The number of amides is 1. The summed E-state index contributed by atoms with van der Waals surface area (Å²) in [6, 6.07) is 1.80. The third kappa shape index (κ3) is 2.88. The highest BCUT2D eigenvalue weighted by Crippen LogP contribution is 2.30. The summed E-state index contributed by atoms with van der Waals surface area (Å²) in [5.74, 6) is -0.272. The largest absolute Gasteiger partial charge is 0.433 e. The first-order valence-electron chi connectivity index (χ1n) is 4.37.